The number of hydrogen-bond acceptors (Lipinski definition) is 7. The maximum Gasteiger partial charge on any atom is 0.240 e. The van der Waals surface area contributed by atoms with E-state index in [0.717, 1.165) is 39.0 Å². The summed E-state index contributed by atoms with van der Waals surface area (Å²) in [5.74, 6) is 0.565. The number of β-amino-alcohol motifs (C(OH)–C–C–N with tert-alkyl or cyclic N) is 1. The van der Waals surface area contributed by atoms with Crippen LogP contribution in [0.1, 0.15) is 19.8 Å². The highest BCUT2D eigenvalue weighted by molar-refractivity contribution is 7.13. The van der Waals surface area contributed by atoms with Crippen LogP contribution in [0, 0.1) is 5.92 Å². The molecule has 1 aromatic rings. The number of carbonyl (C=O) groups excluding carboxylic acids is 1. The molecule has 0 aromatic carbocycles. The summed E-state index contributed by atoms with van der Waals surface area (Å²) in [5, 5.41) is 20.2. The Balaban J connectivity index is 1.65. The van der Waals surface area contributed by atoms with Crippen LogP contribution in [0.2, 0.25) is 0 Å². The quantitative estimate of drug-likeness (QED) is 0.759. The van der Waals surface area contributed by atoms with Crippen molar-refractivity contribution in [3.05, 3.63) is 5.51 Å². The standard InChI is InChI=1S/C14H25N5O2S/c1-11(20)7-19-5-3-12(4-6-19)8-18(2)9-13(21)16-14-17-15-10-22-14/h10-12,20H,3-9H2,1-2H3,(H,16,17,21)/t11-/m1/s1. The minimum Gasteiger partial charge on any atom is -0.392 e. The van der Waals surface area contributed by atoms with Crippen molar-refractivity contribution in [3.8, 4) is 0 Å². The van der Waals surface area contributed by atoms with Gasteiger partial charge in [0.25, 0.3) is 0 Å². The average molecular weight is 327 g/mol. The van der Waals surface area contributed by atoms with Crippen LogP contribution in [0.3, 0.4) is 0 Å². The molecule has 0 radical (unpaired) electrons. The van der Waals surface area contributed by atoms with E-state index in [0.29, 0.717) is 17.6 Å². The number of aliphatic hydroxyl groups excluding tert-OH is 1. The number of likely N-dealkylation sites (tertiary alicyclic amines) is 1. The number of nitrogens with one attached hydrogen (secondary N) is 1. The van der Waals surface area contributed by atoms with Crippen LogP contribution in [0.5, 0.6) is 0 Å². The molecule has 1 aliphatic heterocycles. The molecule has 7 nitrogen and oxygen atoms in total. The Morgan fingerprint density at radius 1 is 1.59 bits per heavy atom. The molecule has 2 N–H and O–H groups in total. The first kappa shape index (κ1) is 17.3. The van der Waals surface area contributed by atoms with Crippen LogP contribution in [-0.2, 0) is 4.79 Å². The van der Waals surface area contributed by atoms with E-state index in [9.17, 15) is 9.90 Å². The Labute approximate surface area is 135 Å². The number of aliphatic hydroxyl groups is 1. The average Bonchev–Trinajstić information content (AvgIpc) is 2.93. The highest BCUT2D eigenvalue weighted by Crippen LogP contribution is 2.18. The SMILES string of the molecule is C[C@@H](O)CN1CCC(CN(C)CC(=O)Nc2nncs2)CC1. The van der Waals surface area contributed by atoms with E-state index in [-0.39, 0.29) is 12.0 Å². The molecule has 0 aliphatic carbocycles. The molecule has 2 heterocycles. The van der Waals surface area contributed by atoms with Crippen molar-refractivity contribution < 1.29 is 9.90 Å². The van der Waals surface area contributed by atoms with E-state index >= 15 is 0 Å². The third kappa shape index (κ3) is 5.96. The summed E-state index contributed by atoms with van der Waals surface area (Å²) in [6.45, 7) is 5.93. The van der Waals surface area contributed by atoms with Crippen LogP contribution in [0.4, 0.5) is 5.13 Å². The van der Waals surface area contributed by atoms with Crippen LogP contribution in [-0.4, -0.2) is 76.9 Å². The summed E-state index contributed by atoms with van der Waals surface area (Å²) in [6, 6.07) is 0. The van der Waals surface area contributed by atoms with E-state index in [2.05, 4.69) is 25.3 Å². The van der Waals surface area contributed by atoms with Gasteiger partial charge >= 0.3 is 0 Å². The van der Waals surface area contributed by atoms with Gasteiger partial charge in [-0.25, -0.2) is 0 Å². The Bertz CT molecular complexity index is 446. The van der Waals surface area contributed by atoms with Gasteiger partial charge in [0.2, 0.25) is 11.0 Å². The summed E-state index contributed by atoms with van der Waals surface area (Å²) in [6.07, 6.45) is 1.98. The van der Waals surface area contributed by atoms with E-state index < -0.39 is 0 Å². The lowest BCUT2D eigenvalue weighted by molar-refractivity contribution is -0.117. The zero-order valence-corrected chi connectivity index (χ0v) is 14.1. The van der Waals surface area contributed by atoms with Crippen molar-refractivity contribution in [2.45, 2.75) is 25.9 Å². The molecule has 124 valence electrons. The largest absolute Gasteiger partial charge is 0.392 e. The van der Waals surface area contributed by atoms with Gasteiger partial charge in [0.1, 0.15) is 5.51 Å². The number of piperidine rings is 1. The lowest BCUT2D eigenvalue weighted by atomic mass is 9.96. The molecule has 0 unspecified atom stereocenters. The van der Waals surface area contributed by atoms with Crippen molar-refractivity contribution in [1.82, 2.24) is 20.0 Å². The first-order valence-corrected chi connectivity index (χ1v) is 8.56. The number of rotatable bonds is 7. The molecule has 1 amide bonds. The van der Waals surface area contributed by atoms with E-state index in [4.69, 9.17) is 0 Å². The second-order valence-electron chi connectivity index (χ2n) is 6.08. The van der Waals surface area contributed by atoms with Crippen LogP contribution >= 0.6 is 11.3 Å². The van der Waals surface area contributed by atoms with Gasteiger partial charge < -0.3 is 10.0 Å². The van der Waals surface area contributed by atoms with E-state index in [1.807, 2.05) is 14.0 Å². The second kappa shape index (κ2) is 8.52. The third-order valence-electron chi connectivity index (χ3n) is 3.82. The number of anilines is 1. The predicted octanol–water partition coefficient (Wildman–Crippen LogP) is 0.501. The number of amides is 1. The van der Waals surface area contributed by atoms with Crippen LogP contribution < -0.4 is 5.32 Å². The van der Waals surface area contributed by atoms with Crippen molar-refractivity contribution >= 4 is 22.4 Å². The molecule has 22 heavy (non-hydrogen) atoms. The zero-order valence-electron chi connectivity index (χ0n) is 13.2. The molecule has 0 spiro atoms. The van der Waals surface area contributed by atoms with E-state index in [1.54, 1.807) is 5.51 Å². The Kier molecular flexibility index (Phi) is 6.69. The molecule has 1 saturated heterocycles. The predicted molar refractivity (Wildman–Crippen MR) is 86.9 cm³/mol. The molecule has 1 atom stereocenters. The fraction of sp³-hybridized carbons (Fsp3) is 0.786. The number of nitrogens with zero attached hydrogens (tertiary/aromatic N) is 4. The topological polar surface area (TPSA) is 81.6 Å². The van der Waals surface area contributed by atoms with Gasteiger partial charge in [0.15, 0.2) is 0 Å². The second-order valence-corrected chi connectivity index (χ2v) is 6.92. The lowest BCUT2D eigenvalue weighted by Gasteiger charge is -2.34. The Morgan fingerprint density at radius 2 is 2.32 bits per heavy atom. The summed E-state index contributed by atoms with van der Waals surface area (Å²) >= 11 is 1.32. The summed E-state index contributed by atoms with van der Waals surface area (Å²) in [4.78, 5) is 16.3. The van der Waals surface area contributed by atoms with E-state index in [1.165, 1.54) is 11.3 Å². The minimum absolute atomic E-state index is 0.0502. The van der Waals surface area contributed by atoms with Gasteiger partial charge in [-0.1, -0.05) is 11.3 Å². The first-order chi connectivity index (χ1) is 10.5. The fourth-order valence-corrected chi connectivity index (χ4v) is 3.32. The summed E-state index contributed by atoms with van der Waals surface area (Å²) in [5.41, 5.74) is 1.60. The number of likely N-dealkylation sites (N-methyl/N-ethyl adjacent to an activating group) is 1. The molecule has 1 fully saturated rings. The minimum atomic E-state index is -0.261. The molecule has 0 bridgehead atoms. The van der Waals surface area contributed by atoms with Gasteiger partial charge in [-0.15, -0.1) is 10.2 Å². The maximum absolute atomic E-state index is 11.9. The van der Waals surface area contributed by atoms with Gasteiger partial charge in [0, 0.05) is 13.1 Å². The number of carbonyl (C=O) groups is 1. The number of hydrogen-bond donors (Lipinski definition) is 2. The number of aromatic nitrogens is 2. The normalized spacial score (nSPS) is 18.5. The van der Waals surface area contributed by atoms with Crippen molar-refractivity contribution in [3.63, 3.8) is 0 Å². The Morgan fingerprint density at radius 3 is 2.91 bits per heavy atom. The monoisotopic (exact) mass is 327 g/mol. The van der Waals surface area contributed by atoms with Gasteiger partial charge in [-0.3, -0.25) is 15.0 Å². The van der Waals surface area contributed by atoms with Crippen LogP contribution in [0.25, 0.3) is 0 Å². The zero-order chi connectivity index (χ0) is 15.9. The van der Waals surface area contributed by atoms with Crippen molar-refractivity contribution in [2.24, 2.45) is 5.92 Å². The van der Waals surface area contributed by atoms with Gasteiger partial charge in [-0.2, -0.15) is 0 Å². The highest BCUT2D eigenvalue weighted by Gasteiger charge is 2.21. The van der Waals surface area contributed by atoms with Gasteiger partial charge in [-0.05, 0) is 45.8 Å². The molecule has 1 aliphatic rings. The lowest BCUT2D eigenvalue weighted by Crippen LogP contribution is -2.41. The maximum atomic E-state index is 11.9. The van der Waals surface area contributed by atoms with Gasteiger partial charge in [0.05, 0.1) is 12.6 Å². The molecule has 2 rings (SSSR count). The fourth-order valence-electron chi connectivity index (χ4n) is 2.86. The van der Waals surface area contributed by atoms with Crippen molar-refractivity contribution in [1.29, 1.82) is 0 Å². The molecule has 1 aromatic heterocycles. The highest BCUT2D eigenvalue weighted by atomic mass is 32.1. The van der Waals surface area contributed by atoms with Crippen molar-refractivity contribution in [2.75, 3.05) is 45.1 Å². The molecule has 0 saturated carbocycles. The third-order valence-corrected chi connectivity index (χ3v) is 4.43. The smallest absolute Gasteiger partial charge is 0.240 e. The Hall–Kier alpha value is -1.09. The summed E-state index contributed by atoms with van der Waals surface area (Å²) in [7, 11) is 1.97. The molecular weight excluding hydrogens is 302 g/mol. The molecular formula is C14H25N5O2S. The summed E-state index contributed by atoms with van der Waals surface area (Å²) < 4.78 is 0. The molecule has 8 heteroatoms. The van der Waals surface area contributed by atoms with Crippen LogP contribution in [0.15, 0.2) is 5.51 Å². The first-order valence-electron chi connectivity index (χ1n) is 7.68.